The fourth-order valence-corrected chi connectivity index (χ4v) is 3.74. The smallest absolute Gasteiger partial charge is 0.329 e. The third-order valence-electron chi connectivity index (χ3n) is 4.62. The molecule has 0 aliphatic heterocycles. The van der Waals surface area contributed by atoms with Crippen LogP contribution in [0.4, 0.5) is 0 Å². The highest BCUT2D eigenvalue weighted by atomic mass is 32.1. The summed E-state index contributed by atoms with van der Waals surface area (Å²) in [6.45, 7) is 2.52. The Labute approximate surface area is 139 Å². The Kier molecular flexibility index (Phi) is 4.75. The number of nitrogens with zero attached hydrogens (tertiary/aromatic N) is 2. The number of aromatic nitrogens is 4. The van der Waals surface area contributed by atoms with Gasteiger partial charge in [0.15, 0.2) is 0 Å². The van der Waals surface area contributed by atoms with Gasteiger partial charge >= 0.3 is 5.69 Å². The molecule has 0 amide bonds. The molecule has 0 saturated heterocycles. The predicted octanol–water partition coefficient (Wildman–Crippen LogP) is 2.68. The standard InChI is InChI=1S/C16H22N4O2S/c1-2-9-20-13-12(14(21)19-16(20)22)15(23)18-11(17-13)8-7-10-5-3-4-6-10/h10H,2-9H2,1H3,(H,17,18,23)(H,19,21,22). The molecule has 1 aliphatic carbocycles. The van der Waals surface area contributed by atoms with E-state index < -0.39 is 11.2 Å². The zero-order chi connectivity index (χ0) is 16.4. The molecule has 0 aromatic carbocycles. The van der Waals surface area contributed by atoms with Gasteiger partial charge in [-0.05, 0) is 18.8 Å². The van der Waals surface area contributed by atoms with Crippen molar-refractivity contribution >= 4 is 23.3 Å². The minimum Gasteiger partial charge on any atom is -0.329 e. The second-order valence-corrected chi connectivity index (χ2v) is 6.70. The van der Waals surface area contributed by atoms with Crippen LogP contribution in [-0.4, -0.2) is 19.5 Å². The number of aryl methyl sites for hydroxylation is 2. The van der Waals surface area contributed by atoms with Crippen molar-refractivity contribution in [1.29, 1.82) is 0 Å². The van der Waals surface area contributed by atoms with E-state index in [0.29, 0.717) is 17.6 Å². The lowest BCUT2D eigenvalue weighted by Crippen LogP contribution is -2.31. The highest BCUT2D eigenvalue weighted by molar-refractivity contribution is 7.71. The molecular weight excluding hydrogens is 312 g/mol. The molecule has 2 N–H and O–H groups in total. The normalized spacial score (nSPS) is 15.5. The summed E-state index contributed by atoms with van der Waals surface area (Å²) in [5.41, 5.74) is -0.363. The van der Waals surface area contributed by atoms with Crippen molar-refractivity contribution in [3.05, 3.63) is 31.3 Å². The van der Waals surface area contributed by atoms with Crippen molar-refractivity contribution in [3.8, 4) is 0 Å². The van der Waals surface area contributed by atoms with E-state index in [1.54, 1.807) is 4.57 Å². The lowest BCUT2D eigenvalue weighted by Gasteiger charge is -2.11. The third kappa shape index (κ3) is 3.29. The van der Waals surface area contributed by atoms with Crippen LogP contribution in [0.5, 0.6) is 0 Å². The second-order valence-electron chi connectivity index (χ2n) is 6.31. The molecule has 2 aromatic rings. The van der Waals surface area contributed by atoms with Gasteiger partial charge in [0.25, 0.3) is 5.56 Å². The fraction of sp³-hybridized carbons (Fsp3) is 0.625. The van der Waals surface area contributed by atoms with Gasteiger partial charge in [-0.2, -0.15) is 0 Å². The van der Waals surface area contributed by atoms with Gasteiger partial charge in [-0.3, -0.25) is 14.3 Å². The number of hydrogen-bond acceptors (Lipinski definition) is 4. The first-order valence-corrected chi connectivity index (χ1v) is 8.77. The maximum absolute atomic E-state index is 12.1. The molecule has 1 saturated carbocycles. The van der Waals surface area contributed by atoms with E-state index in [1.807, 2.05) is 6.92 Å². The van der Waals surface area contributed by atoms with Gasteiger partial charge in [0, 0.05) is 13.0 Å². The van der Waals surface area contributed by atoms with Crippen LogP contribution in [0.1, 0.15) is 51.3 Å². The zero-order valence-electron chi connectivity index (χ0n) is 13.4. The number of hydrogen-bond donors (Lipinski definition) is 2. The van der Waals surface area contributed by atoms with Crippen molar-refractivity contribution in [3.63, 3.8) is 0 Å². The van der Waals surface area contributed by atoms with Crippen LogP contribution < -0.4 is 11.2 Å². The van der Waals surface area contributed by atoms with Crippen molar-refractivity contribution in [1.82, 2.24) is 19.5 Å². The van der Waals surface area contributed by atoms with Gasteiger partial charge in [0.1, 0.15) is 21.5 Å². The van der Waals surface area contributed by atoms with Crippen LogP contribution in [0.2, 0.25) is 0 Å². The summed E-state index contributed by atoms with van der Waals surface area (Å²) in [4.78, 5) is 34.0. The molecule has 3 rings (SSSR count). The van der Waals surface area contributed by atoms with Crippen LogP contribution in [0.25, 0.3) is 11.0 Å². The van der Waals surface area contributed by atoms with E-state index in [4.69, 9.17) is 12.2 Å². The molecule has 0 bridgehead atoms. The van der Waals surface area contributed by atoms with Gasteiger partial charge in [0.05, 0.1) is 0 Å². The van der Waals surface area contributed by atoms with Crippen LogP contribution in [0.15, 0.2) is 9.59 Å². The summed E-state index contributed by atoms with van der Waals surface area (Å²) >= 11 is 5.30. The first-order valence-electron chi connectivity index (χ1n) is 8.36. The highest BCUT2D eigenvalue weighted by Crippen LogP contribution is 2.28. The molecule has 0 spiro atoms. The number of H-pyrrole nitrogens is 2. The Morgan fingerprint density at radius 1 is 1.26 bits per heavy atom. The average molecular weight is 334 g/mol. The van der Waals surface area contributed by atoms with E-state index in [9.17, 15) is 9.59 Å². The van der Waals surface area contributed by atoms with Crippen molar-refractivity contribution < 1.29 is 0 Å². The van der Waals surface area contributed by atoms with E-state index in [-0.39, 0.29) is 4.64 Å². The van der Waals surface area contributed by atoms with Gasteiger partial charge in [-0.25, -0.2) is 9.78 Å². The van der Waals surface area contributed by atoms with E-state index >= 15 is 0 Å². The van der Waals surface area contributed by atoms with Crippen molar-refractivity contribution in [2.45, 2.75) is 58.4 Å². The highest BCUT2D eigenvalue weighted by Gasteiger charge is 2.16. The SMILES string of the molecule is CCCn1c(=O)[nH]c(=O)c2c(=S)nc(CCC3CCCC3)[nH]c21. The fourth-order valence-electron chi connectivity index (χ4n) is 3.44. The summed E-state index contributed by atoms with van der Waals surface area (Å²) in [6.07, 6.45) is 7.88. The molecule has 0 unspecified atom stereocenters. The van der Waals surface area contributed by atoms with Gasteiger partial charge in [0.2, 0.25) is 0 Å². The summed E-state index contributed by atoms with van der Waals surface area (Å²) in [5.74, 6) is 1.52. The lowest BCUT2D eigenvalue weighted by molar-refractivity contribution is 0.497. The molecule has 6 nitrogen and oxygen atoms in total. The maximum Gasteiger partial charge on any atom is 0.329 e. The summed E-state index contributed by atoms with van der Waals surface area (Å²) < 4.78 is 1.82. The Morgan fingerprint density at radius 2 is 2.00 bits per heavy atom. The summed E-state index contributed by atoms with van der Waals surface area (Å²) in [6, 6.07) is 0. The monoisotopic (exact) mass is 334 g/mol. The van der Waals surface area contributed by atoms with E-state index in [2.05, 4.69) is 15.0 Å². The van der Waals surface area contributed by atoms with E-state index in [0.717, 1.165) is 31.0 Å². The molecular formula is C16H22N4O2S. The number of aromatic amines is 2. The first kappa shape index (κ1) is 16.1. The van der Waals surface area contributed by atoms with Gasteiger partial charge in [-0.1, -0.05) is 44.8 Å². The summed E-state index contributed by atoms with van der Waals surface area (Å²) in [5, 5.41) is 0.303. The van der Waals surface area contributed by atoms with Crippen LogP contribution in [0, 0.1) is 10.6 Å². The third-order valence-corrected chi connectivity index (χ3v) is 4.92. The molecule has 1 aliphatic rings. The maximum atomic E-state index is 12.1. The minimum atomic E-state index is -0.464. The Morgan fingerprint density at radius 3 is 2.70 bits per heavy atom. The molecule has 124 valence electrons. The van der Waals surface area contributed by atoms with Crippen LogP contribution in [-0.2, 0) is 13.0 Å². The predicted molar refractivity (Wildman–Crippen MR) is 92.4 cm³/mol. The molecule has 0 atom stereocenters. The largest absolute Gasteiger partial charge is 0.329 e. The minimum absolute atomic E-state index is 0.270. The second kappa shape index (κ2) is 6.78. The quantitative estimate of drug-likeness (QED) is 0.824. The van der Waals surface area contributed by atoms with E-state index in [1.165, 1.54) is 25.7 Å². The molecule has 2 aromatic heterocycles. The molecule has 2 heterocycles. The van der Waals surface area contributed by atoms with Crippen LogP contribution >= 0.6 is 12.2 Å². The Hall–Kier alpha value is -1.76. The Balaban J connectivity index is 2.04. The van der Waals surface area contributed by atoms with Crippen molar-refractivity contribution in [2.24, 2.45) is 5.92 Å². The molecule has 1 fully saturated rings. The lowest BCUT2D eigenvalue weighted by atomic mass is 10.0. The molecule has 7 heteroatoms. The number of rotatable bonds is 5. The number of nitrogens with one attached hydrogen (secondary N) is 2. The van der Waals surface area contributed by atoms with Gasteiger partial charge in [-0.15, -0.1) is 0 Å². The van der Waals surface area contributed by atoms with Crippen LogP contribution in [0.3, 0.4) is 0 Å². The first-order chi connectivity index (χ1) is 11.1. The average Bonchev–Trinajstić information content (AvgIpc) is 3.02. The van der Waals surface area contributed by atoms with Crippen molar-refractivity contribution in [2.75, 3.05) is 0 Å². The van der Waals surface area contributed by atoms with Gasteiger partial charge < -0.3 is 4.98 Å². The number of fused-ring (bicyclic) bond motifs is 1. The Bertz CT molecular complexity index is 874. The molecule has 0 radical (unpaired) electrons. The summed E-state index contributed by atoms with van der Waals surface area (Å²) in [7, 11) is 0. The molecule has 23 heavy (non-hydrogen) atoms. The zero-order valence-corrected chi connectivity index (χ0v) is 14.2. The topological polar surface area (TPSA) is 83.5 Å².